The van der Waals surface area contributed by atoms with E-state index in [0.29, 0.717) is 6.61 Å². The van der Waals surface area contributed by atoms with Gasteiger partial charge in [0.15, 0.2) is 0 Å². The number of benzene rings is 1. The zero-order chi connectivity index (χ0) is 13.7. The van der Waals surface area contributed by atoms with Crippen LogP contribution < -0.4 is 5.32 Å². The van der Waals surface area contributed by atoms with E-state index in [4.69, 9.17) is 4.74 Å². The average molecular weight is 259 g/mol. The molecule has 1 aromatic heterocycles. The van der Waals surface area contributed by atoms with Crippen molar-refractivity contribution < 1.29 is 4.74 Å². The summed E-state index contributed by atoms with van der Waals surface area (Å²) in [5.74, 6) is 0. The molecule has 102 valence electrons. The van der Waals surface area contributed by atoms with Gasteiger partial charge in [0.25, 0.3) is 0 Å². The lowest BCUT2D eigenvalue weighted by Crippen LogP contribution is -2.21. The van der Waals surface area contributed by atoms with Crippen LogP contribution in [0.25, 0.3) is 0 Å². The molecule has 1 N–H and O–H groups in total. The minimum absolute atomic E-state index is 0.267. The van der Waals surface area contributed by atoms with Crippen LogP contribution >= 0.6 is 0 Å². The van der Waals surface area contributed by atoms with Crippen LogP contribution in [0.5, 0.6) is 0 Å². The zero-order valence-electron chi connectivity index (χ0n) is 11.8. The van der Waals surface area contributed by atoms with Crippen molar-refractivity contribution in [3.05, 3.63) is 53.3 Å². The fraction of sp³-hybridized carbons (Fsp3) is 0.400. The van der Waals surface area contributed by atoms with Crippen molar-refractivity contribution in [2.45, 2.75) is 26.1 Å². The molecule has 1 unspecified atom stereocenters. The Morgan fingerprint density at radius 3 is 2.63 bits per heavy atom. The van der Waals surface area contributed by atoms with Gasteiger partial charge in [-0.15, -0.1) is 0 Å². The van der Waals surface area contributed by atoms with Crippen molar-refractivity contribution in [2.24, 2.45) is 7.05 Å². The highest BCUT2D eigenvalue weighted by Crippen LogP contribution is 2.14. The summed E-state index contributed by atoms with van der Waals surface area (Å²) in [5.41, 5.74) is 3.69. The maximum Gasteiger partial charge on any atom is 0.0716 e. The average Bonchev–Trinajstić information content (AvgIpc) is 2.84. The Kier molecular flexibility index (Phi) is 4.71. The molecule has 4 heteroatoms. The second-order valence-corrected chi connectivity index (χ2v) is 4.68. The van der Waals surface area contributed by atoms with Crippen LogP contribution in [0.4, 0.5) is 0 Å². The summed E-state index contributed by atoms with van der Waals surface area (Å²) in [4.78, 5) is 0. The predicted molar refractivity (Wildman–Crippen MR) is 75.6 cm³/mol. The second kappa shape index (κ2) is 6.50. The summed E-state index contributed by atoms with van der Waals surface area (Å²) in [5, 5.41) is 7.72. The minimum Gasteiger partial charge on any atom is -0.380 e. The normalized spacial score (nSPS) is 12.6. The van der Waals surface area contributed by atoms with E-state index in [1.165, 1.54) is 16.8 Å². The largest absolute Gasteiger partial charge is 0.380 e. The number of nitrogens with zero attached hydrogens (tertiary/aromatic N) is 2. The molecule has 0 saturated carbocycles. The molecule has 0 radical (unpaired) electrons. The number of hydrogen-bond acceptors (Lipinski definition) is 3. The van der Waals surface area contributed by atoms with Crippen molar-refractivity contribution in [1.82, 2.24) is 15.1 Å². The molecule has 0 aliphatic heterocycles. The molecule has 0 saturated heterocycles. The molecule has 4 nitrogen and oxygen atoms in total. The highest BCUT2D eigenvalue weighted by molar-refractivity contribution is 5.26. The van der Waals surface area contributed by atoms with Gasteiger partial charge in [-0.3, -0.25) is 4.68 Å². The van der Waals surface area contributed by atoms with Gasteiger partial charge in [0.05, 0.1) is 12.3 Å². The third kappa shape index (κ3) is 3.43. The monoisotopic (exact) mass is 259 g/mol. The van der Waals surface area contributed by atoms with Crippen molar-refractivity contribution in [2.75, 3.05) is 7.11 Å². The van der Waals surface area contributed by atoms with E-state index in [9.17, 15) is 0 Å². The number of hydrogen-bond donors (Lipinski definition) is 1. The first-order valence-electron chi connectivity index (χ1n) is 6.49. The lowest BCUT2D eigenvalue weighted by Gasteiger charge is -2.16. The number of nitrogens with one attached hydrogen (secondary N) is 1. The molecule has 2 aromatic rings. The Morgan fingerprint density at radius 2 is 2.00 bits per heavy atom. The van der Waals surface area contributed by atoms with Crippen molar-refractivity contribution in [3.8, 4) is 0 Å². The number of aromatic nitrogens is 2. The molecule has 1 atom stereocenters. The third-order valence-electron chi connectivity index (χ3n) is 3.32. The fourth-order valence-electron chi connectivity index (χ4n) is 2.20. The van der Waals surface area contributed by atoms with E-state index in [1.54, 1.807) is 7.11 Å². The zero-order valence-corrected chi connectivity index (χ0v) is 11.8. The molecule has 0 fully saturated rings. The van der Waals surface area contributed by atoms with Gasteiger partial charge in [-0.25, -0.2) is 0 Å². The minimum atomic E-state index is 0.267. The number of methoxy groups -OCH3 is 1. The Labute approximate surface area is 114 Å². The lowest BCUT2D eigenvalue weighted by atomic mass is 10.1. The summed E-state index contributed by atoms with van der Waals surface area (Å²) < 4.78 is 7.13. The van der Waals surface area contributed by atoms with E-state index < -0.39 is 0 Å². The van der Waals surface area contributed by atoms with Crippen LogP contribution in [-0.2, 0) is 24.9 Å². The molecule has 0 aliphatic carbocycles. The quantitative estimate of drug-likeness (QED) is 0.866. The first-order valence-corrected chi connectivity index (χ1v) is 6.49. The van der Waals surface area contributed by atoms with Crippen LogP contribution in [0.3, 0.4) is 0 Å². The van der Waals surface area contributed by atoms with E-state index in [1.807, 2.05) is 30.1 Å². The third-order valence-corrected chi connectivity index (χ3v) is 3.32. The van der Waals surface area contributed by atoms with Gasteiger partial charge in [-0.05, 0) is 24.1 Å². The standard InChI is InChI=1S/C15H21N3O/c1-12(15-8-9-17-18(15)2)16-10-13-6-4-5-7-14(13)11-19-3/h4-9,12,16H,10-11H2,1-3H3. The van der Waals surface area contributed by atoms with Crippen molar-refractivity contribution in [1.29, 1.82) is 0 Å². The van der Waals surface area contributed by atoms with Gasteiger partial charge >= 0.3 is 0 Å². The molecule has 19 heavy (non-hydrogen) atoms. The lowest BCUT2D eigenvalue weighted by molar-refractivity contribution is 0.184. The molecule has 0 spiro atoms. The van der Waals surface area contributed by atoms with Gasteiger partial charge in [0.2, 0.25) is 0 Å². The van der Waals surface area contributed by atoms with E-state index >= 15 is 0 Å². The smallest absolute Gasteiger partial charge is 0.0716 e. The van der Waals surface area contributed by atoms with E-state index in [-0.39, 0.29) is 6.04 Å². The fourth-order valence-corrected chi connectivity index (χ4v) is 2.20. The van der Waals surface area contributed by atoms with E-state index in [2.05, 4.69) is 35.5 Å². The first kappa shape index (κ1) is 13.8. The molecular formula is C15H21N3O. The van der Waals surface area contributed by atoms with Crippen LogP contribution in [-0.4, -0.2) is 16.9 Å². The summed E-state index contributed by atoms with van der Waals surface area (Å²) in [7, 11) is 3.69. The number of rotatable bonds is 6. The van der Waals surface area contributed by atoms with Gasteiger partial charge in [0.1, 0.15) is 0 Å². The maximum absolute atomic E-state index is 5.22. The SMILES string of the molecule is COCc1ccccc1CNC(C)c1ccnn1C. The molecule has 1 aromatic carbocycles. The summed E-state index contributed by atoms with van der Waals surface area (Å²) in [6.45, 7) is 3.62. The Balaban J connectivity index is 2.01. The highest BCUT2D eigenvalue weighted by Gasteiger charge is 2.09. The van der Waals surface area contributed by atoms with Gasteiger partial charge in [-0.2, -0.15) is 5.10 Å². The molecular weight excluding hydrogens is 238 g/mol. The van der Waals surface area contributed by atoms with Crippen LogP contribution in [0.2, 0.25) is 0 Å². The van der Waals surface area contributed by atoms with Crippen LogP contribution in [0.1, 0.15) is 29.8 Å². The second-order valence-electron chi connectivity index (χ2n) is 4.68. The summed E-state index contributed by atoms with van der Waals surface area (Å²) >= 11 is 0. The Bertz CT molecular complexity index is 522. The molecule has 1 heterocycles. The molecule has 2 rings (SSSR count). The van der Waals surface area contributed by atoms with Gasteiger partial charge < -0.3 is 10.1 Å². The van der Waals surface area contributed by atoms with Crippen LogP contribution in [0.15, 0.2) is 36.5 Å². The molecule has 0 aliphatic rings. The molecule has 0 bridgehead atoms. The topological polar surface area (TPSA) is 39.1 Å². The summed E-state index contributed by atoms with van der Waals surface area (Å²) in [6, 6.07) is 10.7. The van der Waals surface area contributed by atoms with E-state index in [0.717, 1.165) is 6.54 Å². The van der Waals surface area contributed by atoms with Gasteiger partial charge in [0, 0.05) is 32.9 Å². The Hall–Kier alpha value is -1.65. The summed E-state index contributed by atoms with van der Waals surface area (Å²) in [6.07, 6.45) is 1.83. The van der Waals surface area contributed by atoms with Crippen LogP contribution in [0, 0.1) is 0 Å². The van der Waals surface area contributed by atoms with Crippen molar-refractivity contribution in [3.63, 3.8) is 0 Å². The first-order chi connectivity index (χ1) is 9.22. The van der Waals surface area contributed by atoms with Gasteiger partial charge in [-0.1, -0.05) is 24.3 Å². The maximum atomic E-state index is 5.22. The Morgan fingerprint density at radius 1 is 1.26 bits per heavy atom. The number of ether oxygens (including phenoxy) is 1. The molecule has 0 amide bonds. The predicted octanol–water partition coefficient (Wildman–Crippen LogP) is 2.42. The highest BCUT2D eigenvalue weighted by atomic mass is 16.5. The van der Waals surface area contributed by atoms with Crippen molar-refractivity contribution >= 4 is 0 Å². The number of aryl methyl sites for hydroxylation is 1.